The Bertz CT molecular complexity index is 871. The molecule has 0 bridgehead atoms. The van der Waals surface area contributed by atoms with Gasteiger partial charge in [-0.05, 0) is 38.7 Å². The van der Waals surface area contributed by atoms with Crippen LogP contribution in [-0.4, -0.2) is 44.1 Å². The predicted molar refractivity (Wildman–Crippen MR) is 108 cm³/mol. The van der Waals surface area contributed by atoms with Gasteiger partial charge in [0.25, 0.3) is 11.7 Å². The number of nitrogens with zero attached hydrogens (tertiary/aromatic N) is 4. The summed E-state index contributed by atoms with van der Waals surface area (Å²) in [6.45, 7) is 3.52. The minimum Gasteiger partial charge on any atom is -0.456 e. The number of nitrogens with one attached hydrogen (secondary N) is 1. The standard InChI is InChI=1S/C20H30N6O3/c1-13-16(14(2)26-20(22-13)24-19(21)25-26)10-11-18(28)29-12-17(27)23-15-8-6-4-3-5-7-9-15/h15H,3-12H2,1-2H3,(H2,21,25)(H,23,27). The summed E-state index contributed by atoms with van der Waals surface area (Å²) in [6.07, 6.45) is 8.62. The van der Waals surface area contributed by atoms with Gasteiger partial charge in [0.05, 0.1) is 0 Å². The predicted octanol–water partition coefficient (Wildman–Crippen LogP) is 2.03. The molecule has 1 amide bonds. The van der Waals surface area contributed by atoms with Gasteiger partial charge >= 0.3 is 5.97 Å². The fourth-order valence-electron chi connectivity index (χ4n) is 3.90. The minimum atomic E-state index is -0.408. The molecule has 0 spiro atoms. The molecule has 2 aromatic heterocycles. The largest absolute Gasteiger partial charge is 0.456 e. The molecule has 0 radical (unpaired) electrons. The summed E-state index contributed by atoms with van der Waals surface area (Å²) in [5, 5.41) is 7.12. The van der Waals surface area contributed by atoms with E-state index in [0.29, 0.717) is 12.2 Å². The quantitative estimate of drug-likeness (QED) is 0.708. The van der Waals surface area contributed by atoms with E-state index in [-0.39, 0.29) is 30.9 Å². The third-order valence-electron chi connectivity index (χ3n) is 5.48. The zero-order valence-corrected chi connectivity index (χ0v) is 17.2. The smallest absolute Gasteiger partial charge is 0.306 e. The highest BCUT2D eigenvalue weighted by Gasteiger charge is 2.17. The summed E-state index contributed by atoms with van der Waals surface area (Å²) in [5.41, 5.74) is 8.15. The second-order valence-electron chi connectivity index (χ2n) is 7.71. The van der Waals surface area contributed by atoms with Crippen molar-refractivity contribution in [3.8, 4) is 0 Å². The Balaban J connectivity index is 1.47. The molecule has 9 nitrogen and oxygen atoms in total. The average Bonchev–Trinajstić information content (AvgIpc) is 3.02. The molecule has 0 unspecified atom stereocenters. The van der Waals surface area contributed by atoms with Crippen molar-refractivity contribution >= 4 is 23.6 Å². The monoisotopic (exact) mass is 402 g/mol. The van der Waals surface area contributed by atoms with E-state index in [2.05, 4.69) is 20.4 Å². The van der Waals surface area contributed by atoms with Gasteiger partial charge in [-0.1, -0.05) is 32.1 Å². The van der Waals surface area contributed by atoms with E-state index in [1.807, 2.05) is 13.8 Å². The first-order valence-electron chi connectivity index (χ1n) is 10.4. The van der Waals surface area contributed by atoms with Crippen molar-refractivity contribution in [1.29, 1.82) is 0 Å². The van der Waals surface area contributed by atoms with Crippen molar-refractivity contribution in [2.75, 3.05) is 12.3 Å². The molecule has 1 aliphatic carbocycles. The molecule has 0 aromatic carbocycles. The number of hydrogen-bond donors (Lipinski definition) is 2. The Morgan fingerprint density at radius 3 is 2.55 bits per heavy atom. The maximum absolute atomic E-state index is 12.1. The second kappa shape index (κ2) is 9.67. The molecular weight excluding hydrogens is 372 g/mol. The van der Waals surface area contributed by atoms with Crippen LogP contribution in [0.3, 0.4) is 0 Å². The van der Waals surface area contributed by atoms with Crippen LogP contribution in [0.1, 0.15) is 68.3 Å². The summed E-state index contributed by atoms with van der Waals surface area (Å²) in [4.78, 5) is 32.7. The topological polar surface area (TPSA) is 124 Å². The molecule has 0 aliphatic heterocycles. The minimum absolute atomic E-state index is 0.159. The van der Waals surface area contributed by atoms with Crippen LogP contribution in [0.4, 0.5) is 5.95 Å². The van der Waals surface area contributed by atoms with Crippen molar-refractivity contribution in [2.24, 2.45) is 0 Å². The second-order valence-corrected chi connectivity index (χ2v) is 7.71. The average molecular weight is 402 g/mol. The van der Waals surface area contributed by atoms with E-state index in [1.165, 1.54) is 19.3 Å². The molecule has 2 heterocycles. The Hall–Kier alpha value is -2.71. The Kier molecular flexibility index (Phi) is 7.00. The lowest BCUT2D eigenvalue weighted by molar-refractivity contribution is -0.148. The molecule has 1 aliphatic rings. The van der Waals surface area contributed by atoms with Crippen molar-refractivity contribution in [2.45, 2.75) is 77.7 Å². The number of amides is 1. The Morgan fingerprint density at radius 1 is 1.14 bits per heavy atom. The number of anilines is 1. The first kappa shape index (κ1) is 21.0. The number of carbonyl (C=O) groups is 2. The van der Waals surface area contributed by atoms with Crippen LogP contribution in [0.5, 0.6) is 0 Å². The molecule has 158 valence electrons. The van der Waals surface area contributed by atoms with Gasteiger partial charge in [0.1, 0.15) is 0 Å². The molecule has 1 saturated carbocycles. The molecule has 3 N–H and O–H groups in total. The van der Waals surface area contributed by atoms with E-state index in [1.54, 1.807) is 4.52 Å². The lowest BCUT2D eigenvalue weighted by Gasteiger charge is -2.20. The van der Waals surface area contributed by atoms with Gasteiger partial charge in [0.2, 0.25) is 5.95 Å². The summed E-state index contributed by atoms with van der Waals surface area (Å²) < 4.78 is 6.74. The molecular formula is C20H30N6O3. The molecule has 9 heteroatoms. The van der Waals surface area contributed by atoms with Gasteiger partial charge < -0.3 is 15.8 Å². The zero-order valence-electron chi connectivity index (χ0n) is 17.2. The normalized spacial score (nSPS) is 15.7. The highest BCUT2D eigenvalue weighted by atomic mass is 16.5. The molecule has 29 heavy (non-hydrogen) atoms. The molecule has 0 atom stereocenters. The van der Waals surface area contributed by atoms with Crippen LogP contribution >= 0.6 is 0 Å². The number of esters is 1. The maximum atomic E-state index is 12.1. The molecule has 1 fully saturated rings. The number of hydrogen-bond acceptors (Lipinski definition) is 7. The number of nitrogen functional groups attached to an aromatic ring is 1. The first-order chi connectivity index (χ1) is 13.9. The van der Waals surface area contributed by atoms with E-state index < -0.39 is 5.97 Å². The lowest BCUT2D eigenvalue weighted by Crippen LogP contribution is -2.38. The fourth-order valence-corrected chi connectivity index (χ4v) is 3.90. The highest BCUT2D eigenvalue weighted by molar-refractivity contribution is 5.80. The third kappa shape index (κ3) is 5.65. The number of nitrogens with two attached hydrogens (primary N) is 1. The van der Waals surface area contributed by atoms with Gasteiger partial charge in [-0.25, -0.2) is 4.98 Å². The highest BCUT2D eigenvalue weighted by Crippen LogP contribution is 2.18. The first-order valence-corrected chi connectivity index (χ1v) is 10.4. The number of aromatic nitrogens is 4. The number of carbonyl (C=O) groups excluding carboxylic acids is 2. The number of fused-ring (bicyclic) bond motifs is 1. The van der Waals surface area contributed by atoms with Gasteiger partial charge in [-0.3, -0.25) is 9.59 Å². The van der Waals surface area contributed by atoms with Crippen molar-refractivity contribution in [3.63, 3.8) is 0 Å². The summed E-state index contributed by atoms with van der Waals surface area (Å²) in [7, 11) is 0. The molecule has 0 saturated heterocycles. The Labute approximate surface area is 170 Å². The van der Waals surface area contributed by atoms with Crippen molar-refractivity contribution < 1.29 is 14.3 Å². The van der Waals surface area contributed by atoms with E-state index >= 15 is 0 Å². The Morgan fingerprint density at radius 2 is 1.83 bits per heavy atom. The summed E-state index contributed by atoms with van der Waals surface area (Å²) in [6, 6.07) is 0.194. The van der Waals surface area contributed by atoms with Crippen LogP contribution in [0.25, 0.3) is 5.78 Å². The van der Waals surface area contributed by atoms with E-state index in [4.69, 9.17) is 10.5 Å². The lowest BCUT2D eigenvalue weighted by atomic mass is 9.97. The SMILES string of the molecule is Cc1nc2nc(N)nn2c(C)c1CCC(=O)OCC(=O)NC1CCCCCCC1. The molecule has 3 rings (SSSR count). The van der Waals surface area contributed by atoms with Gasteiger partial charge in [0, 0.05) is 23.9 Å². The van der Waals surface area contributed by atoms with Gasteiger partial charge in [-0.2, -0.15) is 9.50 Å². The molecule has 2 aromatic rings. The third-order valence-corrected chi connectivity index (χ3v) is 5.48. The van der Waals surface area contributed by atoms with Gasteiger partial charge in [0.15, 0.2) is 6.61 Å². The fraction of sp³-hybridized carbons (Fsp3) is 0.650. The van der Waals surface area contributed by atoms with Crippen molar-refractivity contribution in [1.82, 2.24) is 24.9 Å². The van der Waals surface area contributed by atoms with E-state index in [0.717, 1.165) is 42.6 Å². The maximum Gasteiger partial charge on any atom is 0.306 e. The van der Waals surface area contributed by atoms with Crippen LogP contribution in [0.15, 0.2) is 0 Å². The van der Waals surface area contributed by atoms with Crippen LogP contribution in [0.2, 0.25) is 0 Å². The van der Waals surface area contributed by atoms with Gasteiger partial charge in [-0.15, -0.1) is 5.10 Å². The van der Waals surface area contributed by atoms with Crippen LogP contribution in [-0.2, 0) is 20.7 Å². The summed E-state index contributed by atoms with van der Waals surface area (Å²) >= 11 is 0. The summed E-state index contributed by atoms with van der Waals surface area (Å²) in [5.74, 6) is -0.0335. The number of aryl methyl sites for hydroxylation is 2. The van der Waals surface area contributed by atoms with E-state index in [9.17, 15) is 9.59 Å². The van der Waals surface area contributed by atoms with Crippen molar-refractivity contribution in [3.05, 3.63) is 17.0 Å². The number of ether oxygens (including phenoxy) is 1. The van der Waals surface area contributed by atoms with Crippen LogP contribution < -0.4 is 11.1 Å². The van der Waals surface area contributed by atoms with Crippen LogP contribution in [0, 0.1) is 13.8 Å². The number of rotatable bonds is 6. The zero-order chi connectivity index (χ0) is 20.8.